The summed E-state index contributed by atoms with van der Waals surface area (Å²) in [6.45, 7) is 8.58. The lowest BCUT2D eigenvalue weighted by molar-refractivity contribution is 0.0129. The maximum atomic E-state index is 5.95. The van der Waals surface area contributed by atoms with Crippen molar-refractivity contribution in [3.63, 3.8) is 0 Å². The van der Waals surface area contributed by atoms with Crippen LogP contribution in [0.5, 0.6) is 0 Å². The average Bonchev–Trinajstić information content (AvgIpc) is 2.04. The van der Waals surface area contributed by atoms with Crippen molar-refractivity contribution in [3.05, 3.63) is 0 Å². The summed E-state index contributed by atoms with van der Waals surface area (Å²) in [7, 11) is 1.77. The standard InChI is InChI=1S/C11H25NO/c1-9(2)10(12)7-6-8-11(3,4)13-5/h9-10H,6-8,12H2,1-5H3. The minimum Gasteiger partial charge on any atom is -0.379 e. The van der Waals surface area contributed by atoms with E-state index in [1.165, 1.54) is 0 Å². The van der Waals surface area contributed by atoms with Crippen molar-refractivity contribution in [2.45, 2.75) is 58.6 Å². The van der Waals surface area contributed by atoms with E-state index in [-0.39, 0.29) is 5.60 Å². The number of methoxy groups -OCH3 is 1. The van der Waals surface area contributed by atoms with Gasteiger partial charge >= 0.3 is 0 Å². The summed E-state index contributed by atoms with van der Waals surface area (Å²) in [6.07, 6.45) is 3.34. The van der Waals surface area contributed by atoms with Gasteiger partial charge in [-0.15, -0.1) is 0 Å². The van der Waals surface area contributed by atoms with Crippen LogP contribution in [0.4, 0.5) is 0 Å². The van der Waals surface area contributed by atoms with Crippen LogP contribution in [0.25, 0.3) is 0 Å². The van der Waals surface area contributed by atoms with Gasteiger partial charge in [0.1, 0.15) is 0 Å². The number of hydrogen-bond acceptors (Lipinski definition) is 2. The normalized spacial score (nSPS) is 15.0. The van der Waals surface area contributed by atoms with Crippen molar-refractivity contribution in [1.82, 2.24) is 0 Å². The van der Waals surface area contributed by atoms with Crippen molar-refractivity contribution >= 4 is 0 Å². The van der Waals surface area contributed by atoms with Crippen LogP contribution < -0.4 is 5.73 Å². The fraction of sp³-hybridized carbons (Fsp3) is 1.00. The summed E-state index contributed by atoms with van der Waals surface area (Å²) in [5.41, 5.74) is 5.96. The quantitative estimate of drug-likeness (QED) is 0.693. The Balaban J connectivity index is 3.56. The Morgan fingerprint density at radius 3 is 2.23 bits per heavy atom. The fourth-order valence-electron chi connectivity index (χ4n) is 1.20. The second-order valence-corrected chi connectivity index (χ2v) is 4.76. The van der Waals surface area contributed by atoms with E-state index in [9.17, 15) is 0 Å². The maximum absolute atomic E-state index is 5.95. The Kier molecular flexibility index (Phi) is 5.57. The number of hydrogen-bond donors (Lipinski definition) is 1. The van der Waals surface area contributed by atoms with E-state index in [1.54, 1.807) is 7.11 Å². The second-order valence-electron chi connectivity index (χ2n) is 4.76. The van der Waals surface area contributed by atoms with Gasteiger partial charge in [-0.05, 0) is 39.0 Å². The Morgan fingerprint density at radius 2 is 1.85 bits per heavy atom. The minimum atomic E-state index is 0.0106. The van der Waals surface area contributed by atoms with Crippen LogP contribution in [0, 0.1) is 5.92 Å². The number of nitrogens with two attached hydrogens (primary N) is 1. The van der Waals surface area contributed by atoms with Crippen molar-refractivity contribution in [2.24, 2.45) is 11.7 Å². The van der Waals surface area contributed by atoms with Crippen molar-refractivity contribution in [3.8, 4) is 0 Å². The van der Waals surface area contributed by atoms with Crippen molar-refractivity contribution < 1.29 is 4.74 Å². The molecule has 0 aliphatic rings. The SMILES string of the molecule is COC(C)(C)CCCC(N)C(C)C. The van der Waals surface area contributed by atoms with Crippen LogP contribution in [0.3, 0.4) is 0 Å². The molecule has 0 fully saturated rings. The molecule has 0 aromatic carbocycles. The van der Waals surface area contributed by atoms with Crippen LogP contribution >= 0.6 is 0 Å². The summed E-state index contributed by atoms with van der Waals surface area (Å²) >= 11 is 0. The monoisotopic (exact) mass is 187 g/mol. The molecule has 80 valence electrons. The molecule has 0 aliphatic carbocycles. The van der Waals surface area contributed by atoms with Crippen molar-refractivity contribution in [1.29, 1.82) is 0 Å². The first-order valence-electron chi connectivity index (χ1n) is 5.20. The Labute approximate surface area is 82.8 Å². The van der Waals surface area contributed by atoms with Crippen LogP contribution in [0.15, 0.2) is 0 Å². The van der Waals surface area contributed by atoms with E-state index in [2.05, 4.69) is 27.7 Å². The molecular weight excluding hydrogens is 162 g/mol. The number of ether oxygens (including phenoxy) is 1. The van der Waals surface area contributed by atoms with Gasteiger partial charge in [-0.1, -0.05) is 13.8 Å². The molecule has 2 N–H and O–H groups in total. The molecule has 1 unspecified atom stereocenters. The highest BCUT2D eigenvalue weighted by Gasteiger charge is 2.16. The Bertz CT molecular complexity index is 132. The predicted octanol–water partition coefficient (Wildman–Crippen LogP) is 2.57. The molecule has 0 radical (unpaired) electrons. The topological polar surface area (TPSA) is 35.2 Å². The zero-order valence-corrected chi connectivity index (χ0v) is 9.76. The van der Waals surface area contributed by atoms with Gasteiger partial charge in [0.05, 0.1) is 5.60 Å². The van der Waals surface area contributed by atoms with Crippen LogP contribution in [0.1, 0.15) is 47.0 Å². The first-order valence-corrected chi connectivity index (χ1v) is 5.20. The van der Waals surface area contributed by atoms with Gasteiger partial charge in [-0.25, -0.2) is 0 Å². The van der Waals surface area contributed by atoms with Crippen LogP contribution in [-0.4, -0.2) is 18.8 Å². The van der Waals surface area contributed by atoms with Gasteiger partial charge in [-0.2, -0.15) is 0 Å². The lowest BCUT2D eigenvalue weighted by Crippen LogP contribution is -2.28. The first-order chi connectivity index (χ1) is 5.89. The molecule has 2 heteroatoms. The predicted molar refractivity (Wildman–Crippen MR) is 57.8 cm³/mol. The maximum Gasteiger partial charge on any atom is 0.0622 e. The van der Waals surface area contributed by atoms with E-state index in [0.29, 0.717) is 12.0 Å². The molecule has 0 aliphatic heterocycles. The van der Waals surface area contributed by atoms with Crippen LogP contribution in [0.2, 0.25) is 0 Å². The molecule has 0 aromatic heterocycles. The molecule has 0 spiro atoms. The highest BCUT2D eigenvalue weighted by Crippen LogP contribution is 2.18. The minimum absolute atomic E-state index is 0.0106. The van der Waals surface area contributed by atoms with Gasteiger partial charge in [0.2, 0.25) is 0 Å². The van der Waals surface area contributed by atoms with E-state index >= 15 is 0 Å². The zero-order valence-electron chi connectivity index (χ0n) is 9.76. The highest BCUT2D eigenvalue weighted by atomic mass is 16.5. The molecule has 2 nitrogen and oxygen atoms in total. The Hall–Kier alpha value is -0.0800. The molecule has 0 bridgehead atoms. The summed E-state index contributed by atoms with van der Waals surface area (Å²) in [4.78, 5) is 0. The lowest BCUT2D eigenvalue weighted by atomic mass is 9.95. The molecule has 0 saturated carbocycles. The van der Waals surface area contributed by atoms with E-state index in [0.717, 1.165) is 19.3 Å². The smallest absolute Gasteiger partial charge is 0.0622 e. The molecule has 0 aromatic rings. The lowest BCUT2D eigenvalue weighted by Gasteiger charge is -2.24. The zero-order chi connectivity index (χ0) is 10.5. The largest absolute Gasteiger partial charge is 0.379 e. The van der Waals surface area contributed by atoms with Gasteiger partial charge in [-0.3, -0.25) is 0 Å². The molecular formula is C11H25NO. The average molecular weight is 187 g/mol. The summed E-state index contributed by atoms with van der Waals surface area (Å²) in [5.74, 6) is 0.589. The molecule has 13 heavy (non-hydrogen) atoms. The molecule has 0 heterocycles. The molecule has 0 amide bonds. The summed E-state index contributed by atoms with van der Waals surface area (Å²) in [6, 6.07) is 0.340. The third kappa shape index (κ3) is 6.05. The van der Waals surface area contributed by atoms with Crippen LogP contribution in [-0.2, 0) is 4.74 Å². The first kappa shape index (κ1) is 12.9. The van der Waals surface area contributed by atoms with E-state index in [4.69, 9.17) is 10.5 Å². The van der Waals surface area contributed by atoms with Gasteiger partial charge < -0.3 is 10.5 Å². The van der Waals surface area contributed by atoms with Crippen molar-refractivity contribution in [2.75, 3.05) is 7.11 Å². The summed E-state index contributed by atoms with van der Waals surface area (Å²) < 4.78 is 5.34. The van der Waals surface area contributed by atoms with Gasteiger partial charge in [0.25, 0.3) is 0 Å². The Morgan fingerprint density at radius 1 is 1.31 bits per heavy atom. The highest BCUT2D eigenvalue weighted by molar-refractivity contribution is 4.71. The molecule has 0 saturated heterocycles. The molecule has 1 atom stereocenters. The van der Waals surface area contributed by atoms with Gasteiger partial charge in [0.15, 0.2) is 0 Å². The fourth-order valence-corrected chi connectivity index (χ4v) is 1.20. The van der Waals surface area contributed by atoms with E-state index in [1.807, 2.05) is 0 Å². The summed E-state index contributed by atoms with van der Waals surface area (Å²) in [5, 5.41) is 0. The third-order valence-corrected chi connectivity index (χ3v) is 2.73. The third-order valence-electron chi connectivity index (χ3n) is 2.73. The second kappa shape index (κ2) is 5.61. The molecule has 0 rings (SSSR count). The van der Waals surface area contributed by atoms with Gasteiger partial charge in [0, 0.05) is 13.2 Å². The van der Waals surface area contributed by atoms with E-state index < -0.39 is 0 Å². The number of rotatable bonds is 6.